The van der Waals surface area contributed by atoms with E-state index in [1.54, 1.807) is 24.3 Å². The molecule has 22 heavy (non-hydrogen) atoms. The van der Waals surface area contributed by atoms with Gasteiger partial charge in [-0.1, -0.05) is 29.8 Å². The molecular formula is C17H19NO3S. The highest BCUT2D eigenvalue weighted by molar-refractivity contribution is 7.89. The smallest absolute Gasteiger partial charge is 0.243 e. The lowest BCUT2D eigenvalue weighted by Gasteiger charge is -2.22. The number of rotatable bonds is 2. The molecule has 0 aromatic heterocycles. The van der Waals surface area contributed by atoms with Gasteiger partial charge in [0.15, 0.2) is 0 Å². The van der Waals surface area contributed by atoms with Gasteiger partial charge in [-0.25, -0.2) is 8.42 Å². The predicted octanol–water partition coefficient (Wildman–Crippen LogP) is 3.27. The Morgan fingerprint density at radius 3 is 2.36 bits per heavy atom. The van der Waals surface area contributed by atoms with Crippen LogP contribution >= 0.6 is 0 Å². The lowest BCUT2D eigenvalue weighted by molar-refractivity contribution is 0.362. The first-order valence-corrected chi connectivity index (χ1v) is 8.66. The summed E-state index contributed by atoms with van der Waals surface area (Å²) in [6.07, 6.45) is 0. The van der Waals surface area contributed by atoms with Gasteiger partial charge in [-0.2, -0.15) is 4.31 Å². The quantitative estimate of drug-likeness (QED) is 0.925. The first kappa shape index (κ1) is 15.1. The topological polar surface area (TPSA) is 57.6 Å². The van der Waals surface area contributed by atoms with Gasteiger partial charge in [0.05, 0.1) is 10.9 Å². The van der Waals surface area contributed by atoms with Crippen LogP contribution in [0.2, 0.25) is 0 Å². The molecule has 1 heterocycles. The van der Waals surface area contributed by atoms with Crippen LogP contribution in [-0.4, -0.2) is 17.8 Å². The van der Waals surface area contributed by atoms with Crippen LogP contribution in [0.1, 0.15) is 35.2 Å². The van der Waals surface area contributed by atoms with Gasteiger partial charge in [0.1, 0.15) is 5.75 Å². The fourth-order valence-corrected chi connectivity index (χ4v) is 4.53. The van der Waals surface area contributed by atoms with Gasteiger partial charge >= 0.3 is 0 Å². The molecule has 0 bridgehead atoms. The zero-order valence-electron chi connectivity index (χ0n) is 12.9. The fraction of sp³-hybridized carbons (Fsp3) is 0.294. The van der Waals surface area contributed by atoms with Gasteiger partial charge in [0, 0.05) is 12.1 Å². The van der Waals surface area contributed by atoms with Crippen molar-refractivity contribution < 1.29 is 13.5 Å². The zero-order valence-corrected chi connectivity index (χ0v) is 13.7. The molecule has 1 atom stereocenters. The number of benzene rings is 2. The van der Waals surface area contributed by atoms with Gasteiger partial charge in [-0.3, -0.25) is 0 Å². The maximum absolute atomic E-state index is 12.9. The van der Waals surface area contributed by atoms with E-state index < -0.39 is 10.0 Å². The molecule has 0 fully saturated rings. The van der Waals surface area contributed by atoms with E-state index in [2.05, 4.69) is 0 Å². The van der Waals surface area contributed by atoms with Gasteiger partial charge in [0.2, 0.25) is 10.0 Å². The number of sulfonamides is 1. The third kappa shape index (κ3) is 2.21. The van der Waals surface area contributed by atoms with Crippen LogP contribution < -0.4 is 0 Å². The SMILES string of the molecule is Cc1ccc(S(=O)(=O)N2Cc3ccc(C)c(O)c3C2C)cc1. The fourth-order valence-electron chi connectivity index (χ4n) is 2.95. The molecule has 0 radical (unpaired) electrons. The molecule has 3 rings (SSSR count). The van der Waals surface area contributed by atoms with Crippen molar-refractivity contribution >= 4 is 10.0 Å². The van der Waals surface area contributed by atoms with Crippen molar-refractivity contribution in [2.45, 2.75) is 38.3 Å². The highest BCUT2D eigenvalue weighted by atomic mass is 32.2. The molecule has 0 saturated carbocycles. The molecular weight excluding hydrogens is 298 g/mol. The Kier molecular flexibility index (Phi) is 3.50. The monoisotopic (exact) mass is 317 g/mol. The molecule has 116 valence electrons. The van der Waals surface area contributed by atoms with Crippen LogP contribution in [0.4, 0.5) is 0 Å². The Bertz CT molecular complexity index is 826. The van der Waals surface area contributed by atoms with E-state index in [4.69, 9.17) is 0 Å². The van der Waals surface area contributed by atoms with Crippen LogP contribution in [0.5, 0.6) is 5.75 Å². The maximum Gasteiger partial charge on any atom is 0.243 e. The number of hydrogen-bond acceptors (Lipinski definition) is 3. The largest absolute Gasteiger partial charge is 0.507 e. The van der Waals surface area contributed by atoms with Gasteiger partial charge in [0.25, 0.3) is 0 Å². The average molecular weight is 317 g/mol. The second-order valence-electron chi connectivity index (χ2n) is 5.84. The lowest BCUT2D eigenvalue weighted by atomic mass is 10.0. The van der Waals surface area contributed by atoms with Crippen molar-refractivity contribution in [1.82, 2.24) is 4.31 Å². The molecule has 4 nitrogen and oxygen atoms in total. The molecule has 2 aromatic rings. The minimum Gasteiger partial charge on any atom is -0.507 e. The Morgan fingerprint density at radius 1 is 1.09 bits per heavy atom. The second kappa shape index (κ2) is 5.11. The van der Waals surface area contributed by atoms with Crippen molar-refractivity contribution in [2.24, 2.45) is 0 Å². The molecule has 1 unspecified atom stereocenters. The third-order valence-corrected chi connectivity index (χ3v) is 6.24. The van der Waals surface area contributed by atoms with E-state index in [-0.39, 0.29) is 16.7 Å². The van der Waals surface area contributed by atoms with Crippen molar-refractivity contribution in [3.63, 3.8) is 0 Å². The van der Waals surface area contributed by atoms with Crippen molar-refractivity contribution in [3.05, 3.63) is 58.7 Å². The summed E-state index contributed by atoms with van der Waals surface area (Å²) in [4.78, 5) is 0.286. The Morgan fingerprint density at radius 2 is 1.73 bits per heavy atom. The number of phenols is 1. The van der Waals surface area contributed by atoms with E-state index in [0.29, 0.717) is 6.54 Å². The van der Waals surface area contributed by atoms with Crippen molar-refractivity contribution in [2.75, 3.05) is 0 Å². The lowest BCUT2D eigenvalue weighted by Crippen LogP contribution is -2.28. The summed E-state index contributed by atoms with van der Waals surface area (Å²) in [5.41, 5.74) is 3.37. The van der Waals surface area contributed by atoms with E-state index in [0.717, 1.165) is 22.3 Å². The Balaban J connectivity index is 2.04. The average Bonchev–Trinajstić information content (AvgIpc) is 2.82. The molecule has 1 aliphatic heterocycles. The molecule has 0 spiro atoms. The summed E-state index contributed by atoms with van der Waals surface area (Å²) in [6, 6.07) is 10.2. The Labute approximate surface area is 131 Å². The number of aryl methyl sites for hydroxylation is 2. The molecule has 0 saturated heterocycles. The number of nitrogens with zero attached hydrogens (tertiary/aromatic N) is 1. The molecule has 1 aliphatic rings. The minimum atomic E-state index is -3.58. The zero-order chi connectivity index (χ0) is 16.1. The van der Waals surface area contributed by atoms with Crippen LogP contribution in [0.15, 0.2) is 41.3 Å². The van der Waals surface area contributed by atoms with Crippen LogP contribution in [0.3, 0.4) is 0 Å². The summed E-state index contributed by atoms with van der Waals surface area (Å²) in [7, 11) is -3.58. The van der Waals surface area contributed by atoms with Crippen molar-refractivity contribution in [1.29, 1.82) is 0 Å². The highest BCUT2D eigenvalue weighted by Crippen LogP contribution is 2.43. The molecule has 5 heteroatoms. The number of aromatic hydroxyl groups is 1. The van der Waals surface area contributed by atoms with E-state index in [1.807, 2.05) is 32.9 Å². The minimum absolute atomic E-state index is 0.201. The van der Waals surface area contributed by atoms with Crippen LogP contribution in [0.25, 0.3) is 0 Å². The summed E-state index contributed by atoms with van der Waals surface area (Å²) in [6.45, 7) is 5.85. The summed E-state index contributed by atoms with van der Waals surface area (Å²) < 4.78 is 27.2. The van der Waals surface area contributed by atoms with Crippen molar-refractivity contribution in [3.8, 4) is 5.75 Å². The number of fused-ring (bicyclic) bond motifs is 1. The molecule has 0 amide bonds. The molecule has 0 aliphatic carbocycles. The first-order valence-electron chi connectivity index (χ1n) is 7.22. The second-order valence-corrected chi connectivity index (χ2v) is 7.73. The van der Waals surface area contributed by atoms with E-state index in [9.17, 15) is 13.5 Å². The summed E-state index contributed by atoms with van der Waals surface area (Å²) in [5.74, 6) is 0.201. The summed E-state index contributed by atoms with van der Waals surface area (Å²) >= 11 is 0. The van der Waals surface area contributed by atoms with E-state index in [1.165, 1.54) is 4.31 Å². The van der Waals surface area contributed by atoms with Crippen LogP contribution in [-0.2, 0) is 16.6 Å². The standard InChI is InChI=1S/C17H19NO3S/c1-11-4-8-15(9-5-11)22(20,21)18-10-14-7-6-12(2)17(19)16(14)13(18)3/h4-9,13,19H,10H2,1-3H3. The third-order valence-electron chi connectivity index (χ3n) is 4.31. The first-order chi connectivity index (χ1) is 10.3. The predicted molar refractivity (Wildman–Crippen MR) is 85.2 cm³/mol. The van der Waals surface area contributed by atoms with Gasteiger partial charge in [-0.15, -0.1) is 0 Å². The number of hydrogen-bond donors (Lipinski definition) is 1. The summed E-state index contributed by atoms with van der Waals surface area (Å²) in [5, 5.41) is 10.3. The van der Waals surface area contributed by atoms with Gasteiger partial charge < -0.3 is 5.11 Å². The van der Waals surface area contributed by atoms with Crippen LogP contribution in [0, 0.1) is 13.8 Å². The van der Waals surface area contributed by atoms with Gasteiger partial charge in [-0.05, 0) is 44.0 Å². The molecule has 1 N–H and O–H groups in total. The normalized spacial score (nSPS) is 18.4. The Hall–Kier alpha value is -1.85. The molecule has 2 aromatic carbocycles. The van der Waals surface area contributed by atoms with E-state index >= 15 is 0 Å². The maximum atomic E-state index is 12.9. The highest BCUT2D eigenvalue weighted by Gasteiger charge is 2.38. The number of phenolic OH excluding ortho intramolecular Hbond substituents is 1.